The lowest BCUT2D eigenvalue weighted by molar-refractivity contribution is -0.384. The minimum Gasteiger partial charge on any atom is -0.496 e. The van der Waals surface area contributed by atoms with Crippen molar-refractivity contribution in [2.24, 2.45) is 0 Å². The van der Waals surface area contributed by atoms with Crippen molar-refractivity contribution in [2.45, 2.75) is 0 Å². The molecule has 0 aliphatic rings. The molecule has 3 aromatic rings. The van der Waals surface area contributed by atoms with Gasteiger partial charge < -0.3 is 4.74 Å². The number of nitro benzene ring substituents is 1. The average molecular weight is 296 g/mol. The number of methoxy groups -OCH3 is 1. The molecule has 0 amide bonds. The van der Waals surface area contributed by atoms with Crippen LogP contribution in [-0.2, 0) is 0 Å². The average Bonchev–Trinajstić information content (AvgIpc) is 2.97. The summed E-state index contributed by atoms with van der Waals surface area (Å²) in [7, 11) is 1.50. The molecule has 0 saturated carbocycles. The zero-order valence-corrected chi connectivity index (χ0v) is 11.7. The Morgan fingerprint density at radius 2 is 1.95 bits per heavy atom. The molecule has 22 heavy (non-hydrogen) atoms. The van der Waals surface area contributed by atoms with Crippen LogP contribution in [0.4, 0.5) is 5.69 Å². The van der Waals surface area contributed by atoms with Crippen LogP contribution >= 0.6 is 0 Å². The highest BCUT2D eigenvalue weighted by Crippen LogP contribution is 2.25. The number of para-hydroxylation sites is 1. The molecule has 1 heterocycles. The second-order valence-electron chi connectivity index (χ2n) is 4.69. The first-order valence-electron chi connectivity index (χ1n) is 6.55. The van der Waals surface area contributed by atoms with Crippen LogP contribution in [0.5, 0.6) is 5.75 Å². The van der Waals surface area contributed by atoms with Gasteiger partial charge in [0, 0.05) is 23.7 Å². The topological polar surface area (TPSA) is 74.4 Å². The van der Waals surface area contributed by atoms with Gasteiger partial charge in [-0.2, -0.15) is 0 Å². The first-order chi connectivity index (χ1) is 10.6. The Hall–Kier alpha value is -3.15. The minimum atomic E-state index is -0.459. The molecule has 1 aromatic heterocycles. The lowest BCUT2D eigenvalue weighted by Gasteiger charge is -2.08. The van der Waals surface area contributed by atoms with E-state index in [0.29, 0.717) is 22.2 Å². The van der Waals surface area contributed by atoms with Gasteiger partial charge in [0.15, 0.2) is 0 Å². The highest BCUT2D eigenvalue weighted by molar-refractivity contribution is 6.04. The predicted octanol–water partition coefficient (Wildman–Crippen LogP) is 3.25. The Morgan fingerprint density at radius 1 is 1.18 bits per heavy atom. The maximum absolute atomic E-state index is 12.7. The Labute approximate surface area is 125 Å². The van der Waals surface area contributed by atoms with Gasteiger partial charge in [-0.3, -0.25) is 19.5 Å². The molecule has 6 heteroatoms. The van der Waals surface area contributed by atoms with E-state index in [1.165, 1.54) is 23.8 Å². The zero-order chi connectivity index (χ0) is 15.7. The van der Waals surface area contributed by atoms with Crippen LogP contribution in [-0.4, -0.2) is 22.5 Å². The van der Waals surface area contributed by atoms with Crippen molar-refractivity contribution in [2.75, 3.05) is 7.11 Å². The number of rotatable bonds is 3. The van der Waals surface area contributed by atoms with Crippen molar-refractivity contribution in [3.63, 3.8) is 0 Å². The Kier molecular flexibility index (Phi) is 3.34. The number of carbonyl (C=O) groups is 1. The largest absolute Gasteiger partial charge is 0.496 e. The molecule has 0 aliphatic heterocycles. The fourth-order valence-electron chi connectivity index (χ4n) is 2.37. The Balaban J connectivity index is 2.10. The molecule has 0 radical (unpaired) electrons. The van der Waals surface area contributed by atoms with Crippen molar-refractivity contribution >= 4 is 22.5 Å². The number of nitrogens with zero attached hydrogens (tertiary/aromatic N) is 2. The molecule has 6 nitrogen and oxygen atoms in total. The summed E-state index contributed by atoms with van der Waals surface area (Å²) < 4.78 is 6.66. The van der Waals surface area contributed by atoms with Gasteiger partial charge in [0.05, 0.1) is 23.1 Å². The molecule has 0 saturated heterocycles. The molecular formula is C16H12N2O4. The summed E-state index contributed by atoms with van der Waals surface area (Å²) in [6.45, 7) is 0. The van der Waals surface area contributed by atoms with Crippen LogP contribution in [0.15, 0.2) is 54.7 Å². The van der Waals surface area contributed by atoms with Gasteiger partial charge >= 0.3 is 0 Å². The third-order valence-electron chi connectivity index (χ3n) is 3.44. The van der Waals surface area contributed by atoms with E-state index in [4.69, 9.17) is 4.74 Å². The van der Waals surface area contributed by atoms with E-state index in [-0.39, 0.29) is 11.6 Å². The van der Waals surface area contributed by atoms with Crippen molar-refractivity contribution in [1.82, 2.24) is 4.57 Å². The predicted molar refractivity (Wildman–Crippen MR) is 81.3 cm³/mol. The van der Waals surface area contributed by atoms with Crippen LogP contribution in [0.1, 0.15) is 10.4 Å². The number of aromatic nitrogens is 1. The molecule has 0 aliphatic carbocycles. The van der Waals surface area contributed by atoms with Gasteiger partial charge in [-0.1, -0.05) is 12.1 Å². The third kappa shape index (κ3) is 2.20. The van der Waals surface area contributed by atoms with Crippen molar-refractivity contribution < 1.29 is 14.5 Å². The molecule has 2 aromatic carbocycles. The summed E-state index contributed by atoms with van der Waals surface area (Å²) in [6.07, 6.45) is 1.60. The van der Waals surface area contributed by atoms with Crippen LogP contribution in [0.3, 0.4) is 0 Å². The maximum Gasteiger partial charge on any atom is 0.270 e. The summed E-state index contributed by atoms with van der Waals surface area (Å²) in [5, 5.41) is 11.4. The van der Waals surface area contributed by atoms with E-state index in [9.17, 15) is 14.9 Å². The summed E-state index contributed by atoms with van der Waals surface area (Å²) in [5.74, 6) is 0.234. The molecule has 0 atom stereocenters. The highest BCUT2D eigenvalue weighted by atomic mass is 16.6. The van der Waals surface area contributed by atoms with Crippen molar-refractivity contribution in [1.29, 1.82) is 0 Å². The number of benzene rings is 2. The second kappa shape index (κ2) is 5.33. The van der Waals surface area contributed by atoms with Crippen LogP contribution in [0.2, 0.25) is 0 Å². The number of ether oxygens (including phenoxy) is 1. The van der Waals surface area contributed by atoms with E-state index < -0.39 is 4.92 Å². The number of hydrogen-bond donors (Lipinski definition) is 0. The van der Waals surface area contributed by atoms with Gasteiger partial charge in [-0.15, -0.1) is 0 Å². The Morgan fingerprint density at radius 3 is 2.68 bits per heavy atom. The number of non-ortho nitro benzene ring substituents is 1. The first-order valence-corrected chi connectivity index (χ1v) is 6.55. The fourth-order valence-corrected chi connectivity index (χ4v) is 2.37. The monoisotopic (exact) mass is 296 g/mol. The SMILES string of the molecule is COc1ccccc1C(=O)n1ccc2cc([N+](=O)[O-])ccc21. The number of carbonyl (C=O) groups excluding carboxylic acids is 1. The minimum absolute atomic E-state index is 0.00464. The summed E-state index contributed by atoms with van der Waals surface area (Å²) in [4.78, 5) is 23.0. The van der Waals surface area contributed by atoms with Crippen molar-refractivity contribution in [3.05, 3.63) is 70.4 Å². The summed E-state index contributed by atoms with van der Waals surface area (Å²) in [5.41, 5.74) is 1.04. The van der Waals surface area contributed by atoms with E-state index in [2.05, 4.69) is 0 Å². The molecule has 0 spiro atoms. The number of nitro groups is 1. The van der Waals surface area contributed by atoms with E-state index in [1.54, 1.807) is 42.6 Å². The molecular weight excluding hydrogens is 284 g/mol. The molecule has 110 valence electrons. The fraction of sp³-hybridized carbons (Fsp3) is 0.0625. The third-order valence-corrected chi connectivity index (χ3v) is 3.44. The number of fused-ring (bicyclic) bond motifs is 1. The maximum atomic E-state index is 12.7. The van der Waals surface area contributed by atoms with Crippen LogP contribution in [0, 0.1) is 10.1 Å². The van der Waals surface area contributed by atoms with Gasteiger partial charge in [0.1, 0.15) is 5.75 Å². The number of hydrogen-bond acceptors (Lipinski definition) is 4. The van der Waals surface area contributed by atoms with E-state index >= 15 is 0 Å². The molecule has 0 fully saturated rings. The Bertz CT molecular complexity index is 883. The normalized spacial score (nSPS) is 10.6. The van der Waals surface area contributed by atoms with Gasteiger partial charge in [-0.25, -0.2) is 0 Å². The second-order valence-corrected chi connectivity index (χ2v) is 4.69. The lowest BCUT2D eigenvalue weighted by Crippen LogP contribution is -2.11. The van der Waals surface area contributed by atoms with Crippen molar-refractivity contribution in [3.8, 4) is 5.75 Å². The standard InChI is InChI=1S/C16H12N2O4/c1-22-15-5-3-2-4-13(15)16(19)17-9-8-11-10-12(18(20)21)6-7-14(11)17/h2-10H,1H3. The van der Waals surface area contributed by atoms with E-state index in [0.717, 1.165) is 0 Å². The van der Waals surface area contributed by atoms with Gasteiger partial charge in [0.2, 0.25) is 0 Å². The smallest absolute Gasteiger partial charge is 0.270 e. The van der Waals surface area contributed by atoms with E-state index in [1.807, 2.05) is 0 Å². The lowest BCUT2D eigenvalue weighted by atomic mass is 10.2. The summed E-state index contributed by atoms with van der Waals surface area (Å²) >= 11 is 0. The molecule has 0 unspecified atom stereocenters. The van der Waals surface area contributed by atoms with Crippen LogP contribution in [0.25, 0.3) is 10.9 Å². The molecule has 3 rings (SSSR count). The molecule has 0 bridgehead atoms. The van der Waals surface area contributed by atoms with Gasteiger partial charge in [-0.05, 0) is 24.3 Å². The van der Waals surface area contributed by atoms with Crippen LogP contribution < -0.4 is 4.74 Å². The summed E-state index contributed by atoms with van der Waals surface area (Å²) in [6, 6.07) is 13.0. The first kappa shape index (κ1) is 13.8. The zero-order valence-electron chi connectivity index (χ0n) is 11.7. The molecule has 0 N–H and O–H groups in total. The quantitative estimate of drug-likeness (QED) is 0.549. The van der Waals surface area contributed by atoms with Gasteiger partial charge in [0.25, 0.3) is 11.6 Å². The highest BCUT2D eigenvalue weighted by Gasteiger charge is 2.16.